The van der Waals surface area contributed by atoms with Gasteiger partial charge in [0.05, 0.1) is 12.2 Å². The minimum absolute atomic E-state index is 0.0296. The van der Waals surface area contributed by atoms with Gasteiger partial charge in [0.2, 0.25) is 0 Å². The number of amides is 2. The number of carbonyl (C=O) groups is 1. The van der Waals surface area contributed by atoms with Crippen molar-refractivity contribution < 1.29 is 4.79 Å². The molecule has 6 heteroatoms. The quantitative estimate of drug-likeness (QED) is 0.880. The molecule has 1 saturated carbocycles. The number of likely N-dealkylation sites (tertiary alicyclic amines) is 1. The highest BCUT2D eigenvalue weighted by Crippen LogP contribution is 2.28. The number of hydrogen-bond acceptors (Lipinski definition) is 3. The standard InChI is InChI=1S/C19H33N5O/c1-14-4-6-18(7-5-14)24-10-8-17(9-11-24)22-19(25)21-15(2)16-12-20-23(3)13-16/h12-15,17-18H,4-11H2,1-3H3,(H2,21,22,25)/t14?,15-,18?/m0/s1. The summed E-state index contributed by atoms with van der Waals surface area (Å²) in [6.45, 7) is 6.59. The number of carbonyl (C=O) groups excluding carboxylic acids is 1. The van der Waals surface area contributed by atoms with E-state index in [2.05, 4.69) is 27.6 Å². The molecule has 2 fully saturated rings. The van der Waals surface area contributed by atoms with Crippen molar-refractivity contribution in [3.63, 3.8) is 0 Å². The first-order valence-corrected chi connectivity index (χ1v) is 9.81. The molecule has 140 valence electrons. The molecule has 25 heavy (non-hydrogen) atoms. The highest BCUT2D eigenvalue weighted by atomic mass is 16.2. The van der Waals surface area contributed by atoms with E-state index in [9.17, 15) is 4.79 Å². The maximum absolute atomic E-state index is 12.3. The van der Waals surface area contributed by atoms with Crippen molar-refractivity contribution in [3.05, 3.63) is 18.0 Å². The lowest BCUT2D eigenvalue weighted by molar-refractivity contribution is 0.106. The lowest BCUT2D eigenvalue weighted by atomic mass is 9.85. The second kappa shape index (κ2) is 8.21. The van der Waals surface area contributed by atoms with Crippen LogP contribution in [0.4, 0.5) is 4.79 Å². The molecule has 2 N–H and O–H groups in total. The van der Waals surface area contributed by atoms with Crippen molar-refractivity contribution in [3.8, 4) is 0 Å². The lowest BCUT2D eigenvalue weighted by Crippen LogP contribution is -2.50. The third kappa shape index (κ3) is 4.97. The van der Waals surface area contributed by atoms with Gasteiger partial charge in [-0.05, 0) is 51.4 Å². The Bertz CT molecular complexity index is 556. The molecular formula is C19H33N5O. The van der Waals surface area contributed by atoms with E-state index in [1.807, 2.05) is 20.2 Å². The summed E-state index contributed by atoms with van der Waals surface area (Å²) in [6, 6.07) is 0.968. The van der Waals surface area contributed by atoms with Crippen molar-refractivity contribution in [2.24, 2.45) is 13.0 Å². The number of urea groups is 1. The SMILES string of the molecule is CC1CCC(N2CCC(NC(=O)N[C@@H](C)c3cnn(C)c3)CC2)CC1. The summed E-state index contributed by atoms with van der Waals surface area (Å²) >= 11 is 0. The van der Waals surface area contributed by atoms with Crippen molar-refractivity contribution in [1.29, 1.82) is 0 Å². The van der Waals surface area contributed by atoms with E-state index in [1.54, 1.807) is 10.9 Å². The van der Waals surface area contributed by atoms with Gasteiger partial charge >= 0.3 is 6.03 Å². The first-order valence-electron chi connectivity index (χ1n) is 9.81. The van der Waals surface area contributed by atoms with Crippen LogP contribution in [0.15, 0.2) is 12.4 Å². The number of aryl methyl sites for hydroxylation is 1. The van der Waals surface area contributed by atoms with Crippen LogP contribution in [0.25, 0.3) is 0 Å². The van der Waals surface area contributed by atoms with Gasteiger partial charge in [-0.25, -0.2) is 4.79 Å². The third-order valence-corrected chi connectivity index (χ3v) is 5.94. The van der Waals surface area contributed by atoms with E-state index in [4.69, 9.17) is 0 Å². The van der Waals surface area contributed by atoms with E-state index in [-0.39, 0.29) is 12.1 Å². The predicted octanol–water partition coefficient (Wildman–Crippen LogP) is 2.82. The summed E-state index contributed by atoms with van der Waals surface area (Å²) in [6.07, 6.45) is 11.3. The van der Waals surface area contributed by atoms with Crippen LogP contribution >= 0.6 is 0 Å². The largest absolute Gasteiger partial charge is 0.335 e. The van der Waals surface area contributed by atoms with Gasteiger partial charge in [0.15, 0.2) is 0 Å². The van der Waals surface area contributed by atoms with Crippen LogP contribution in [0.5, 0.6) is 0 Å². The number of nitrogens with zero attached hydrogens (tertiary/aromatic N) is 3. The summed E-state index contributed by atoms with van der Waals surface area (Å²) in [4.78, 5) is 14.9. The predicted molar refractivity (Wildman–Crippen MR) is 99.3 cm³/mol. The number of aromatic nitrogens is 2. The first-order chi connectivity index (χ1) is 12.0. The Balaban J connectivity index is 1.39. The maximum Gasteiger partial charge on any atom is 0.315 e. The molecule has 0 radical (unpaired) electrons. The van der Waals surface area contributed by atoms with Crippen LogP contribution in [0.2, 0.25) is 0 Å². The van der Waals surface area contributed by atoms with Gasteiger partial charge in [0, 0.05) is 44.0 Å². The normalized spacial score (nSPS) is 27.0. The molecule has 2 aliphatic rings. The van der Waals surface area contributed by atoms with E-state index < -0.39 is 0 Å². The number of hydrogen-bond donors (Lipinski definition) is 2. The smallest absolute Gasteiger partial charge is 0.315 e. The topological polar surface area (TPSA) is 62.2 Å². The summed E-state index contributed by atoms with van der Waals surface area (Å²) < 4.78 is 1.76. The number of rotatable bonds is 4. The molecule has 1 aromatic heterocycles. The van der Waals surface area contributed by atoms with Crippen LogP contribution in [-0.2, 0) is 7.05 Å². The van der Waals surface area contributed by atoms with Crippen molar-refractivity contribution in [1.82, 2.24) is 25.3 Å². The molecular weight excluding hydrogens is 314 g/mol. The molecule has 0 unspecified atom stereocenters. The van der Waals surface area contributed by atoms with Gasteiger partial charge < -0.3 is 15.5 Å². The summed E-state index contributed by atoms with van der Waals surface area (Å²) in [5, 5.41) is 10.3. The molecule has 1 saturated heterocycles. The Hall–Kier alpha value is -1.56. The Morgan fingerprint density at radius 1 is 1.20 bits per heavy atom. The van der Waals surface area contributed by atoms with Gasteiger partial charge in [-0.1, -0.05) is 6.92 Å². The highest BCUT2D eigenvalue weighted by Gasteiger charge is 2.28. The Kier molecular flexibility index (Phi) is 5.99. The van der Waals surface area contributed by atoms with Crippen molar-refractivity contribution in [2.45, 2.75) is 70.5 Å². The van der Waals surface area contributed by atoms with Crippen LogP contribution in [0.3, 0.4) is 0 Å². The number of nitrogens with one attached hydrogen (secondary N) is 2. The first kappa shape index (κ1) is 18.2. The second-order valence-corrected chi connectivity index (χ2v) is 8.01. The summed E-state index contributed by atoms with van der Waals surface area (Å²) in [7, 11) is 1.89. The number of piperidine rings is 1. The van der Waals surface area contributed by atoms with Crippen LogP contribution in [0.1, 0.15) is 64.0 Å². The minimum Gasteiger partial charge on any atom is -0.335 e. The van der Waals surface area contributed by atoms with Gasteiger partial charge in [0.25, 0.3) is 0 Å². The Morgan fingerprint density at radius 2 is 1.88 bits per heavy atom. The van der Waals surface area contributed by atoms with Gasteiger partial charge in [-0.15, -0.1) is 0 Å². The summed E-state index contributed by atoms with van der Waals surface area (Å²) in [5.74, 6) is 0.904. The molecule has 2 heterocycles. The monoisotopic (exact) mass is 347 g/mol. The summed E-state index contributed by atoms with van der Waals surface area (Å²) in [5.41, 5.74) is 1.03. The fraction of sp³-hybridized carbons (Fsp3) is 0.789. The van der Waals surface area contributed by atoms with Crippen molar-refractivity contribution in [2.75, 3.05) is 13.1 Å². The molecule has 6 nitrogen and oxygen atoms in total. The van der Waals surface area contributed by atoms with E-state index in [1.165, 1.54) is 25.7 Å². The third-order valence-electron chi connectivity index (χ3n) is 5.94. The van der Waals surface area contributed by atoms with E-state index in [0.717, 1.165) is 43.5 Å². The van der Waals surface area contributed by atoms with Gasteiger partial charge in [-0.3, -0.25) is 4.68 Å². The molecule has 1 aliphatic carbocycles. The molecule has 0 aromatic carbocycles. The molecule has 1 aliphatic heterocycles. The van der Waals surface area contributed by atoms with Gasteiger partial charge in [-0.2, -0.15) is 5.10 Å². The lowest BCUT2D eigenvalue weighted by Gasteiger charge is -2.40. The fourth-order valence-corrected chi connectivity index (χ4v) is 4.19. The zero-order valence-corrected chi connectivity index (χ0v) is 15.9. The molecule has 1 atom stereocenters. The molecule has 0 bridgehead atoms. The molecule has 2 amide bonds. The van der Waals surface area contributed by atoms with Gasteiger partial charge in [0.1, 0.15) is 0 Å². The fourth-order valence-electron chi connectivity index (χ4n) is 4.19. The molecule has 3 rings (SSSR count). The highest BCUT2D eigenvalue weighted by molar-refractivity contribution is 5.74. The molecule has 1 aromatic rings. The average Bonchev–Trinajstić information content (AvgIpc) is 3.03. The molecule has 0 spiro atoms. The minimum atomic E-state index is -0.0682. The van der Waals surface area contributed by atoms with Crippen molar-refractivity contribution >= 4 is 6.03 Å². The zero-order valence-electron chi connectivity index (χ0n) is 15.9. The zero-order chi connectivity index (χ0) is 17.8. The Labute approximate surface area is 151 Å². The average molecular weight is 348 g/mol. The van der Waals surface area contributed by atoms with Crippen LogP contribution in [-0.4, -0.2) is 45.9 Å². The second-order valence-electron chi connectivity index (χ2n) is 8.01. The van der Waals surface area contributed by atoms with E-state index >= 15 is 0 Å². The van der Waals surface area contributed by atoms with E-state index in [0.29, 0.717) is 6.04 Å². The Morgan fingerprint density at radius 3 is 2.48 bits per heavy atom. The van der Waals surface area contributed by atoms with Crippen LogP contribution in [0, 0.1) is 5.92 Å². The maximum atomic E-state index is 12.3. The van der Waals surface area contributed by atoms with Crippen LogP contribution < -0.4 is 10.6 Å².